The van der Waals surface area contributed by atoms with E-state index >= 15 is 0 Å². The Morgan fingerprint density at radius 1 is 1.11 bits per heavy atom. The van der Waals surface area contributed by atoms with Gasteiger partial charge in [-0.15, -0.1) is 0 Å². The number of hydrogen-bond donors (Lipinski definition) is 1. The van der Waals surface area contributed by atoms with Crippen molar-refractivity contribution in [3.8, 4) is 5.75 Å². The molecular formula is C22H24FN3O. The fourth-order valence-corrected chi connectivity index (χ4v) is 3.68. The minimum absolute atomic E-state index is 0.215. The van der Waals surface area contributed by atoms with Gasteiger partial charge in [0.1, 0.15) is 17.4 Å². The first kappa shape index (κ1) is 17.7. The summed E-state index contributed by atoms with van der Waals surface area (Å²) in [4.78, 5) is 6.80. The highest BCUT2D eigenvalue weighted by molar-refractivity contribution is 5.92. The summed E-state index contributed by atoms with van der Waals surface area (Å²) in [5.74, 6) is 1.56. The van der Waals surface area contributed by atoms with Crippen LogP contribution in [-0.2, 0) is 6.54 Å². The van der Waals surface area contributed by atoms with Crippen LogP contribution in [0.25, 0.3) is 10.8 Å². The topological polar surface area (TPSA) is 37.4 Å². The average molecular weight is 365 g/mol. The molecule has 1 aromatic heterocycles. The van der Waals surface area contributed by atoms with Gasteiger partial charge in [0.15, 0.2) is 0 Å². The lowest BCUT2D eigenvalue weighted by molar-refractivity contribution is 0.410. The maximum atomic E-state index is 13.7. The van der Waals surface area contributed by atoms with Crippen LogP contribution >= 0.6 is 0 Å². The Bertz CT molecular complexity index is 905. The van der Waals surface area contributed by atoms with Crippen molar-refractivity contribution in [2.24, 2.45) is 0 Å². The molecule has 0 saturated carbocycles. The third-order valence-electron chi connectivity index (χ3n) is 5.26. The summed E-state index contributed by atoms with van der Waals surface area (Å²) in [6.07, 6.45) is 3.90. The molecule has 1 aliphatic heterocycles. The summed E-state index contributed by atoms with van der Waals surface area (Å²) in [5, 5.41) is 5.57. The number of methoxy groups -OCH3 is 1. The number of ether oxygens (including phenoxy) is 1. The molecule has 0 aliphatic carbocycles. The van der Waals surface area contributed by atoms with Crippen LogP contribution in [0.15, 0.2) is 54.7 Å². The van der Waals surface area contributed by atoms with Crippen molar-refractivity contribution in [3.63, 3.8) is 0 Å². The molecule has 0 bridgehead atoms. The van der Waals surface area contributed by atoms with E-state index in [9.17, 15) is 4.39 Å². The second kappa shape index (κ2) is 7.92. The van der Waals surface area contributed by atoms with Gasteiger partial charge in [-0.05, 0) is 54.1 Å². The molecule has 1 saturated heterocycles. The summed E-state index contributed by atoms with van der Waals surface area (Å²) < 4.78 is 18.9. The van der Waals surface area contributed by atoms with Gasteiger partial charge in [0, 0.05) is 37.3 Å². The van der Waals surface area contributed by atoms with Gasteiger partial charge in [-0.2, -0.15) is 0 Å². The predicted molar refractivity (Wildman–Crippen MR) is 107 cm³/mol. The van der Waals surface area contributed by atoms with Crippen LogP contribution in [0.4, 0.5) is 10.2 Å². The highest BCUT2D eigenvalue weighted by Crippen LogP contribution is 2.27. The summed E-state index contributed by atoms with van der Waals surface area (Å²) in [5.41, 5.74) is 1.25. The first-order valence-corrected chi connectivity index (χ1v) is 9.38. The molecule has 27 heavy (non-hydrogen) atoms. The van der Waals surface area contributed by atoms with Crippen LogP contribution in [0.2, 0.25) is 0 Å². The Labute approximate surface area is 159 Å². The molecule has 5 heteroatoms. The monoisotopic (exact) mass is 365 g/mol. The van der Waals surface area contributed by atoms with Gasteiger partial charge in [0.25, 0.3) is 0 Å². The van der Waals surface area contributed by atoms with Crippen LogP contribution < -0.4 is 15.0 Å². The van der Waals surface area contributed by atoms with Crippen LogP contribution in [0, 0.1) is 5.82 Å². The van der Waals surface area contributed by atoms with Crippen molar-refractivity contribution >= 4 is 16.6 Å². The number of fused-ring (bicyclic) bond motifs is 1. The van der Waals surface area contributed by atoms with Gasteiger partial charge in [0.05, 0.1) is 7.11 Å². The molecule has 0 amide bonds. The van der Waals surface area contributed by atoms with Crippen LogP contribution in [0.1, 0.15) is 18.4 Å². The molecule has 1 aliphatic rings. The van der Waals surface area contributed by atoms with Crippen LogP contribution in [-0.4, -0.2) is 31.2 Å². The van der Waals surface area contributed by atoms with Crippen molar-refractivity contribution in [3.05, 3.63) is 66.1 Å². The van der Waals surface area contributed by atoms with Crippen LogP contribution in [0.5, 0.6) is 5.75 Å². The van der Waals surface area contributed by atoms with E-state index in [1.165, 1.54) is 11.6 Å². The molecule has 2 heterocycles. The molecule has 0 unspecified atom stereocenters. The summed E-state index contributed by atoms with van der Waals surface area (Å²) in [7, 11) is 1.68. The molecule has 0 atom stereocenters. The molecule has 1 fully saturated rings. The van der Waals surface area contributed by atoms with E-state index in [0.717, 1.165) is 54.8 Å². The van der Waals surface area contributed by atoms with E-state index in [1.807, 2.05) is 30.5 Å². The third kappa shape index (κ3) is 4.03. The number of rotatable bonds is 5. The molecule has 140 valence electrons. The molecular weight excluding hydrogens is 341 g/mol. The van der Waals surface area contributed by atoms with Crippen molar-refractivity contribution in [2.45, 2.75) is 25.4 Å². The summed E-state index contributed by atoms with van der Waals surface area (Å²) in [6.45, 7) is 2.69. The molecule has 0 spiro atoms. The fraction of sp³-hybridized carbons (Fsp3) is 0.318. The number of aromatic nitrogens is 1. The summed E-state index contributed by atoms with van der Waals surface area (Å²) >= 11 is 0. The maximum Gasteiger partial charge on any atom is 0.136 e. The van der Waals surface area contributed by atoms with Gasteiger partial charge in [-0.3, -0.25) is 0 Å². The number of piperidine rings is 1. The molecule has 3 aromatic rings. The zero-order chi connectivity index (χ0) is 18.6. The minimum atomic E-state index is -0.215. The highest BCUT2D eigenvalue weighted by atomic mass is 19.1. The Morgan fingerprint density at radius 2 is 1.89 bits per heavy atom. The van der Waals surface area contributed by atoms with Crippen molar-refractivity contribution in [2.75, 3.05) is 25.1 Å². The predicted octanol–water partition coefficient (Wildman–Crippen LogP) is 4.14. The van der Waals surface area contributed by atoms with Gasteiger partial charge < -0.3 is 15.0 Å². The normalized spacial score (nSPS) is 15.3. The Morgan fingerprint density at radius 3 is 2.63 bits per heavy atom. The van der Waals surface area contributed by atoms with E-state index in [-0.39, 0.29) is 5.82 Å². The fourth-order valence-electron chi connectivity index (χ4n) is 3.68. The van der Waals surface area contributed by atoms with Gasteiger partial charge in [0.2, 0.25) is 0 Å². The van der Waals surface area contributed by atoms with Crippen LogP contribution in [0.3, 0.4) is 0 Å². The number of benzene rings is 2. The molecule has 4 nitrogen and oxygen atoms in total. The highest BCUT2D eigenvalue weighted by Gasteiger charge is 2.21. The SMILES string of the molecule is COc1ccc(CNC2CCN(c3nccc4ccc(F)cc34)CC2)cc1. The van der Waals surface area contributed by atoms with E-state index < -0.39 is 0 Å². The smallest absolute Gasteiger partial charge is 0.136 e. The molecule has 2 aromatic carbocycles. The first-order chi connectivity index (χ1) is 13.2. The second-order valence-electron chi connectivity index (χ2n) is 6.99. The standard InChI is InChI=1S/C22H24FN3O/c1-27-20-6-2-16(3-7-20)15-25-19-9-12-26(13-10-19)22-21-14-18(23)5-4-17(21)8-11-24-22/h2-8,11,14,19,25H,9-10,12-13,15H2,1H3. The molecule has 4 rings (SSSR count). The van der Waals surface area contributed by atoms with E-state index in [4.69, 9.17) is 4.74 Å². The lowest BCUT2D eigenvalue weighted by Crippen LogP contribution is -2.42. The quantitative estimate of drug-likeness (QED) is 0.737. The number of pyridine rings is 1. The number of hydrogen-bond acceptors (Lipinski definition) is 4. The average Bonchev–Trinajstić information content (AvgIpc) is 2.72. The Kier molecular flexibility index (Phi) is 5.21. The minimum Gasteiger partial charge on any atom is -0.497 e. The number of nitrogens with zero attached hydrogens (tertiary/aromatic N) is 2. The lowest BCUT2D eigenvalue weighted by Gasteiger charge is -2.34. The Hall–Kier alpha value is -2.66. The molecule has 0 radical (unpaired) electrons. The number of nitrogens with one attached hydrogen (secondary N) is 1. The molecule has 1 N–H and O–H groups in total. The summed E-state index contributed by atoms with van der Waals surface area (Å²) in [6, 6.07) is 15.5. The second-order valence-corrected chi connectivity index (χ2v) is 6.99. The van der Waals surface area contributed by atoms with Gasteiger partial charge >= 0.3 is 0 Å². The van der Waals surface area contributed by atoms with Crippen molar-refractivity contribution in [1.29, 1.82) is 0 Å². The van der Waals surface area contributed by atoms with E-state index in [2.05, 4.69) is 27.3 Å². The first-order valence-electron chi connectivity index (χ1n) is 9.38. The third-order valence-corrected chi connectivity index (χ3v) is 5.26. The van der Waals surface area contributed by atoms with E-state index in [1.54, 1.807) is 13.2 Å². The lowest BCUT2D eigenvalue weighted by atomic mass is 10.0. The van der Waals surface area contributed by atoms with Gasteiger partial charge in [-0.25, -0.2) is 9.37 Å². The van der Waals surface area contributed by atoms with E-state index in [0.29, 0.717) is 6.04 Å². The van der Waals surface area contributed by atoms with Crippen molar-refractivity contribution in [1.82, 2.24) is 10.3 Å². The van der Waals surface area contributed by atoms with Crippen molar-refractivity contribution < 1.29 is 9.13 Å². The number of anilines is 1. The number of halogens is 1. The van der Waals surface area contributed by atoms with Gasteiger partial charge in [-0.1, -0.05) is 18.2 Å². The Balaban J connectivity index is 1.37. The largest absolute Gasteiger partial charge is 0.497 e. The zero-order valence-electron chi connectivity index (χ0n) is 15.5. The zero-order valence-corrected chi connectivity index (χ0v) is 15.5. The maximum absolute atomic E-state index is 13.7.